The van der Waals surface area contributed by atoms with Gasteiger partial charge < -0.3 is 0 Å². The lowest BCUT2D eigenvalue weighted by Crippen LogP contribution is -2.19. The Hall–Kier alpha value is -2.44. The summed E-state index contributed by atoms with van der Waals surface area (Å²) in [6, 6.07) is 11.1. The van der Waals surface area contributed by atoms with E-state index in [1.54, 1.807) is 30.3 Å². The van der Waals surface area contributed by atoms with Crippen LogP contribution >= 0.6 is 23.2 Å². The van der Waals surface area contributed by atoms with Crippen LogP contribution in [-0.2, 0) is 11.2 Å². The molecule has 0 spiro atoms. The predicted molar refractivity (Wildman–Crippen MR) is 89.0 cm³/mol. The molecule has 0 fully saturated rings. The van der Waals surface area contributed by atoms with Crippen LogP contribution in [0.25, 0.3) is 0 Å². The molecule has 1 N–H and O–H groups in total. The Balaban J connectivity index is 1.96. The molecule has 2 aromatic carbocycles. The first-order chi connectivity index (χ1) is 11.0. The highest BCUT2D eigenvalue weighted by molar-refractivity contribution is 6.32. The van der Waals surface area contributed by atoms with E-state index in [-0.39, 0.29) is 23.0 Å². The molecule has 0 aliphatic heterocycles. The van der Waals surface area contributed by atoms with Crippen LogP contribution in [0.4, 0.5) is 5.69 Å². The molecular formula is C15H11Cl2N3O3. The first-order valence-corrected chi connectivity index (χ1v) is 7.21. The molecule has 0 aliphatic rings. The number of benzene rings is 2. The molecule has 118 valence electrons. The van der Waals surface area contributed by atoms with Gasteiger partial charge in [-0.1, -0.05) is 41.4 Å². The monoisotopic (exact) mass is 351 g/mol. The zero-order chi connectivity index (χ0) is 16.8. The van der Waals surface area contributed by atoms with Crippen molar-refractivity contribution in [3.63, 3.8) is 0 Å². The number of nitrogens with one attached hydrogen (secondary N) is 1. The van der Waals surface area contributed by atoms with Gasteiger partial charge in [0.25, 0.3) is 5.69 Å². The molecule has 0 aromatic heterocycles. The normalized spacial score (nSPS) is 10.7. The van der Waals surface area contributed by atoms with Gasteiger partial charge in [-0.15, -0.1) is 0 Å². The summed E-state index contributed by atoms with van der Waals surface area (Å²) in [5.41, 5.74) is 3.38. The molecule has 23 heavy (non-hydrogen) atoms. The molecule has 0 unspecified atom stereocenters. The van der Waals surface area contributed by atoms with Crippen LogP contribution < -0.4 is 5.43 Å². The molecule has 0 saturated carbocycles. The average molecular weight is 352 g/mol. The maximum absolute atomic E-state index is 11.7. The zero-order valence-electron chi connectivity index (χ0n) is 11.7. The second-order valence-corrected chi connectivity index (χ2v) is 5.41. The number of hydrazone groups is 1. The van der Waals surface area contributed by atoms with Gasteiger partial charge in [-0.25, -0.2) is 5.43 Å². The minimum atomic E-state index is -0.585. The molecule has 0 saturated heterocycles. The van der Waals surface area contributed by atoms with Gasteiger partial charge in [0, 0.05) is 16.7 Å². The quantitative estimate of drug-likeness (QED) is 0.507. The van der Waals surface area contributed by atoms with Gasteiger partial charge in [-0.3, -0.25) is 14.9 Å². The lowest BCUT2D eigenvalue weighted by Gasteiger charge is -2.01. The highest BCUT2D eigenvalue weighted by Gasteiger charge is 2.11. The molecule has 6 nitrogen and oxygen atoms in total. The Morgan fingerprint density at radius 2 is 1.91 bits per heavy atom. The molecule has 0 aliphatic carbocycles. The van der Waals surface area contributed by atoms with Gasteiger partial charge in [0.15, 0.2) is 0 Å². The van der Waals surface area contributed by atoms with Crippen molar-refractivity contribution < 1.29 is 9.72 Å². The van der Waals surface area contributed by atoms with Crippen molar-refractivity contribution in [1.82, 2.24) is 5.43 Å². The topological polar surface area (TPSA) is 84.6 Å². The number of nitro groups is 1. The highest BCUT2D eigenvalue weighted by Crippen LogP contribution is 2.24. The first-order valence-electron chi connectivity index (χ1n) is 6.46. The second kappa shape index (κ2) is 7.71. The van der Waals surface area contributed by atoms with E-state index in [0.717, 1.165) is 5.56 Å². The molecule has 0 bridgehead atoms. The molecule has 0 radical (unpaired) electrons. The number of halogens is 2. The van der Waals surface area contributed by atoms with E-state index in [0.29, 0.717) is 10.6 Å². The van der Waals surface area contributed by atoms with Crippen molar-refractivity contribution in [2.45, 2.75) is 6.42 Å². The van der Waals surface area contributed by atoms with E-state index >= 15 is 0 Å². The SMILES string of the molecule is O=C(Cc1ccc(Cl)cc1)N/N=C/c1ccc(Cl)c([N+](=O)[O-])c1. The summed E-state index contributed by atoms with van der Waals surface area (Å²) in [5, 5.41) is 15.2. The highest BCUT2D eigenvalue weighted by atomic mass is 35.5. The van der Waals surface area contributed by atoms with E-state index in [9.17, 15) is 14.9 Å². The van der Waals surface area contributed by atoms with Crippen LogP contribution in [0.2, 0.25) is 10.0 Å². The van der Waals surface area contributed by atoms with Gasteiger partial charge in [-0.2, -0.15) is 5.10 Å². The summed E-state index contributed by atoms with van der Waals surface area (Å²) < 4.78 is 0. The lowest BCUT2D eigenvalue weighted by molar-refractivity contribution is -0.384. The fraction of sp³-hybridized carbons (Fsp3) is 0.0667. The largest absolute Gasteiger partial charge is 0.288 e. The average Bonchev–Trinajstić information content (AvgIpc) is 2.51. The number of hydrogen-bond donors (Lipinski definition) is 1. The van der Waals surface area contributed by atoms with Crippen LogP contribution in [0.5, 0.6) is 0 Å². The van der Waals surface area contributed by atoms with Crippen LogP contribution in [0.1, 0.15) is 11.1 Å². The number of nitro benzene ring substituents is 1. The molecule has 2 aromatic rings. The van der Waals surface area contributed by atoms with Crippen molar-refractivity contribution >= 4 is 41.0 Å². The lowest BCUT2D eigenvalue weighted by atomic mass is 10.1. The Morgan fingerprint density at radius 3 is 2.57 bits per heavy atom. The third-order valence-corrected chi connectivity index (χ3v) is 3.42. The van der Waals surface area contributed by atoms with E-state index in [2.05, 4.69) is 10.5 Å². The summed E-state index contributed by atoms with van der Waals surface area (Å²) in [6.07, 6.45) is 1.46. The predicted octanol–water partition coefficient (Wildman–Crippen LogP) is 3.59. The minimum Gasteiger partial charge on any atom is -0.273 e. The molecule has 2 rings (SSSR count). The third kappa shape index (κ3) is 5.05. The van der Waals surface area contributed by atoms with E-state index in [4.69, 9.17) is 23.2 Å². The molecule has 0 heterocycles. The van der Waals surface area contributed by atoms with Crippen molar-refractivity contribution in [3.05, 3.63) is 73.8 Å². The van der Waals surface area contributed by atoms with Crippen molar-refractivity contribution in [2.75, 3.05) is 0 Å². The van der Waals surface area contributed by atoms with Crippen molar-refractivity contribution in [3.8, 4) is 0 Å². The number of amides is 1. The number of hydrogen-bond acceptors (Lipinski definition) is 4. The Labute approximate surface area is 141 Å². The second-order valence-electron chi connectivity index (χ2n) is 4.56. The van der Waals surface area contributed by atoms with E-state index in [1.165, 1.54) is 18.3 Å². The Morgan fingerprint density at radius 1 is 1.22 bits per heavy atom. The first kappa shape index (κ1) is 16.9. The zero-order valence-corrected chi connectivity index (χ0v) is 13.2. The molecule has 8 heteroatoms. The smallest absolute Gasteiger partial charge is 0.273 e. The summed E-state index contributed by atoms with van der Waals surface area (Å²) in [6.45, 7) is 0. The van der Waals surface area contributed by atoms with Crippen LogP contribution in [0, 0.1) is 10.1 Å². The number of carbonyl (C=O) groups is 1. The van der Waals surface area contributed by atoms with Crippen molar-refractivity contribution in [2.24, 2.45) is 5.10 Å². The van der Waals surface area contributed by atoms with Gasteiger partial charge >= 0.3 is 0 Å². The van der Waals surface area contributed by atoms with E-state index in [1.807, 2.05) is 0 Å². The van der Waals surface area contributed by atoms with Crippen molar-refractivity contribution in [1.29, 1.82) is 0 Å². The van der Waals surface area contributed by atoms with Crippen LogP contribution in [0.15, 0.2) is 47.6 Å². The standard InChI is InChI=1S/C15H11Cl2N3O3/c16-12-4-1-10(2-5-12)8-15(21)19-18-9-11-3-6-13(17)14(7-11)20(22)23/h1-7,9H,8H2,(H,19,21)/b18-9+. The fourth-order valence-electron chi connectivity index (χ4n) is 1.76. The van der Waals surface area contributed by atoms with Crippen LogP contribution in [-0.4, -0.2) is 17.0 Å². The number of nitrogens with zero attached hydrogens (tertiary/aromatic N) is 2. The number of carbonyl (C=O) groups excluding carboxylic acids is 1. The minimum absolute atomic E-state index is 0.0407. The summed E-state index contributed by atoms with van der Waals surface area (Å²) in [5.74, 6) is -0.313. The summed E-state index contributed by atoms with van der Waals surface area (Å²) in [7, 11) is 0. The molecular weight excluding hydrogens is 341 g/mol. The van der Waals surface area contributed by atoms with Gasteiger partial charge in [-0.05, 0) is 23.8 Å². The van der Waals surface area contributed by atoms with Crippen LogP contribution in [0.3, 0.4) is 0 Å². The molecule has 0 atom stereocenters. The van der Waals surface area contributed by atoms with E-state index < -0.39 is 4.92 Å². The van der Waals surface area contributed by atoms with Gasteiger partial charge in [0.2, 0.25) is 5.91 Å². The van der Waals surface area contributed by atoms with Gasteiger partial charge in [0.05, 0.1) is 17.6 Å². The third-order valence-electron chi connectivity index (χ3n) is 2.85. The Bertz CT molecular complexity index is 761. The fourth-order valence-corrected chi connectivity index (χ4v) is 2.07. The summed E-state index contributed by atoms with van der Waals surface area (Å²) in [4.78, 5) is 21.9. The molecule has 1 amide bonds. The Kier molecular flexibility index (Phi) is 5.67. The number of rotatable bonds is 5. The maximum Gasteiger partial charge on any atom is 0.288 e. The van der Waals surface area contributed by atoms with Gasteiger partial charge in [0.1, 0.15) is 5.02 Å². The maximum atomic E-state index is 11.7. The summed E-state index contributed by atoms with van der Waals surface area (Å²) >= 11 is 11.5.